The lowest BCUT2D eigenvalue weighted by molar-refractivity contribution is -0.142. The Kier molecular flexibility index (Phi) is 5.01. The maximum Gasteiger partial charge on any atom is 0.306 e. The van der Waals surface area contributed by atoms with Gasteiger partial charge in [0.15, 0.2) is 0 Å². The van der Waals surface area contributed by atoms with E-state index in [0.717, 1.165) is 24.8 Å². The predicted molar refractivity (Wildman–Crippen MR) is 67.2 cm³/mol. The van der Waals surface area contributed by atoms with E-state index in [-0.39, 0.29) is 11.7 Å². The number of benzene rings is 1. The van der Waals surface area contributed by atoms with Gasteiger partial charge in [-0.2, -0.15) is 0 Å². The van der Waals surface area contributed by atoms with Crippen molar-refractivity contribution in [3.63, 3.8) is 0 Å². The van der Waals surface area contributed by atoms with E-state index in [1.54, 1.807) is 25.1 Å². The standard InChI is InChI=1S/C14H20O3/c1-3-4-8-13(10(2)14(16)17)11-6-5-7-12(15)9-11/h5-7,9-10,13,15H,3-4,8H2,1-2H3,(H,16,17)/t10?,13-/m0/s1. The van der Waals surface area contributed by atoms with Gasteiger partial charge in [0, 0.05) is 0 Å². The van der Waals surface area contributed by atoms with Crippen molar-refractivity contribution >= 4 is 5.97 Å². The van der Waals surface area contributed by atoms with Crippen molar-refractivity contribution in [2.75, 3.05) is 0 Å². The van der Waals surface area contributed by atoms with E-state index in [1.807, 2.05) is 6.07 Å². The summed E-state index contributed by atoms with van der Waals surface area (Å²) in [4.78, 5) is 11.1. The van der Waals surface area contributed by atoms with Crippen LogP contribution in [-0.2, 0) is 4.79 Å². The van der Waals surface area contributed by atoms with Gasteiger partial charge in [0.25, 0.3) is 0 Å². The molecule has 0 fully saturated rings. The monoisotopic (exact) mass is 236 g/mol. The number of hydrogen-bond donors (Lipinski definition) is 2. The Labute approximate surface area is 102 Å². The molecule has 3 nitrogen and oxygen atoms in total. The molecule has 0 saturated carbocycles. The second-order valence-electron chi connectivity index (χ2n) is 4.47. The average Bonchev–Trinajstić information content (AvgIpc) is 2.29. The third-order valence-corrected chi connectivity index (χ3v) is 3.16. The van der Waals surface area contributed by atoms with Gasteiger partial charge in [-0.05, 0) is 30.0 Å². The smallest absolute Gasteiger partial charge is 0.306 e. The first-order valence-corrected chi connectivity index (χ1v) is 6.08. The van der Waals surface area contributed by atoms with Crippen LogP contribution in [0.25, 0.3) is 0 Å². The Morgan fingerprint density at radius 1 is 1.41 bits per heavy atom. The number of carbonyl (C=O) groups is 1. The van der Waals surface area contributed by atoms with Gasteiger partial charge in [-0.25, -0.2) is 0 Å². The number of phenolic OH excluding ortho intramolecular Hbond substituents is 1. The van der Waals surface area contributed by atoms with Crippen LogP contribution in [0.1, 0.15) is 44.6 Å². The van der Waals surface area contributed by atoms with E-state index in [1.165, 1.54) is 0 Å². The van der Waals surface area contributed by atoms with E-state index in [9.17, 15) is 9.90 Å². The van der Waals surface area contributed by atoms with Crippen LogP contribution >= 0.6 is 0 Å². The van der Waals surface area contributed by atoms with Crippen molar-refractivity contribution in [1.82, 2.24) is 0 Å². The zero-order valence-corrected chi connectivity index (χ0v) is 10.4. The average molecular weight is 236 g/mol. The van der Waals surface area contributed by atoms with Gasteiger partial charge < -0.3 is 10.2 Å². The van der Waals surface area contributed by atoms with Crippen LogP contribution in [0.3, 0.4) is 0 Å². The van der Waals surface area contributed by atoms with Crippen molar-refractivity contribution in [2.45, 2.75) is 39.0 Å². The molecule has 0 heterocycles. The number of carboxylic acid groups (broad SMARTS) is 1. The molecule has 3 heteroatoms. The van der Waals surface area contributed by atoms with Gasteiger partial charge in [0.2, 0.25) is 0 Å². The number of phenols is 1. The van der Waals surface area contributed by atoms with Crippen molar-refractivity contribution in [2.24, 2.45) is 5.92 Å². The first kappa shape index (κ1) is 13.6. The Morgan fingerprint density at radius 2 is 2.12 bits per heavy atom. The molecule has 1 unspecified atom stereocenters. The maximum atomic E-state index is 11.1. The maximum absolute atomic E-state index is 11.1. The predicted octanol–water partition coefficient (Wildman–Crippen LogP) is 3.39. The Morgan fingerprint density at radius 3 is 2.65 bits per heavy atom. The molecule has 1 aromatic rings. The van der Waals surface area contributed by atoms with Crippen LogP contribution in [0.5, 0.6) is 5.75 Å². The summed E-state index contributed by atoms with van der Waals surface area (Å²) in [5.74, 6) is -1.04. The zero-order valence-electron chi connectivity index (χ0n) is 10.4. The lowest BCUT2D eigenvalue weighted by Crippen LogP contribution is -2.19. The van der Waals surface area contributed by atoms with E-state index < -0.39 is 11.9 Å². The van der Waals surface area contributed by atoms with Crippen LogP contribution in [0.4, 0.5) is 0 Å². The number of hydrogen-bond acceptors (Lipinski definition) is 2. The lowest BCUT2D eigenvalue weighted by Gasteiger charge is -2.21. The second kappa shape index (κ2) is 6.28. The van der Waals surface area contributed by atoms with Crippen molar-refractivity contribution in [3.8, 4) is 5.75 Å². The molecular weight excluding hydrogens is 216 g/mol. The third-order valence-electron chi connectivity index (χ3n) is 3.16. The van der Waals surface area contributed by atoms with Crippen LogP contribution in [-0.4, -0.2) is 16.2 Å². The topological polar surface area (TPSA) is 57.5 Å². The largest absolute Gasteiger partial charge is 0.508 e. The number of carboxylic acids is 1. The molecule has 1 rings (SSSR count). The summed E-state index contributed by atoms with van der Waals surface area (Å²) in [7, 11) is 0. The molecule has 17 heavy (non-hydrogen) atoms. The summed E-state index contributed by atoms with van der Waals surface area (Å²) in [5.41, 5.74) is 0.911. The van der Waals surface area contributed by atoms with E-state index in [4.69, 9.17) is 5.11 Å². The Bertz CT molecular complexity index is 373. The van der Waals surface area contributed by atoms with Crippen molar-refractivity contribution in [3.05, 3.63) is 29.8 Å². The molecule has 0 amide bonds. The lowest BCUT2D eigenvalue weighted by atomic mass is 9.83. The highest BCUT2D eigenvalue weighted by atomic mass is 16.4. The molecule has 0 aliphatic rings. The van der Waals surface area contributed by atoms with Gasteiger partial charge in [-0.1, -0.05) is 38.8 Å². The first-order valence-electron chi connectivity index (χ1n) is 6.08. The van der Waals surface area contributed by atoms with Gasteiger partial charge in [-0.15, -0.1) is 0 Å². The molecule has 0 aromatic heterocycles. The normalized spacial score (nSPS) is 14.2. The number of unbranched alkanes of at least 4 members (excludes halogenated alkanes) is 1. The molecule has 0 saturated heterocycles. The molecule has 1 aromatic carbocycles. The summed E-state index contributed by atoms with van der Waals surface area (Å²) in [6, 6.07) is 6.92. The van der Waals surface area contributed by atoms with Gasteiger partial charge in [-0.3, -0.25) is 4.79 Å². The fraction of sp³-hybridized carbons (Fsp3) is 0.500. The minimum absolute atomic E-state index is 0.0282. The number of aromatic hydroxyl groups is 1. The van der Waals surface area contributed by atoms with E-state index >= 15 is 0 Å². The summed E-state index contributed by atoms with van der Waals surface area (Å²) in [5, 5.41) is 18.6. The quantitative estimate of drug-likeness (QED) is 0.796. The summed E-state index contributed by atoms with van der Waals surface area (Å²) >= 11 is 0. The van der Waals surface area contributed by atoms with Crippen LogP contribution in [0, 0.1) is 5.92 Å². The van der Waals surface area contributed by atoms with E-state index in [0.29, 0.717) is 0 Å². The van der Waals surface area contributed by atoms with Crippen LogP contribution in [0.15, 0.2) is 24.3 Å². The third kappa shape index (κ3) is 3.77. The van der Waals surface area contributed by atoms with Crippen LogP contribution in [0.2, 0.25) is 0 Å². The number of rotatable bonds is 6. The highest BCUT2D eigenvalue weighted by Gasteiger charge is 2.24. The van der Waals surface area contributed by atoms with Gasteiger partial charge in [0.1, 0.15) is 5.75 Å². The molecule has 2 atom stereocenters. The molecule has 0 radical (unpaired) electrons. The molecule has 0 spiro atoms. The molecule has 0 bridgehead atoms. The fourth-order valence-electron chi connectivity index (χ4n) is 2.06. The molecule has 0 aliphatic heterocycles. The summed E-state index contributed by atoms with van der Waals surface area (Å²) in [6.45, 7) is 3.82. The highest BCUT2D eigenvalue weighted by Crippen LogP contribution is 2.31. The molecule has 0 aliphatic carbocycles. The fourth-order valence-corrected chi connectivity index (χ4v) is 2.06. The zero-order chi connectivity index (χ0) is 12.8. The minimum Gasteiger partial charge on any atom is -0.508 e. The molecule has 94 valence electrons. The second-order valence-corrected chi connectivity index (χ2v) is 4.47. The Hall–Kier alpha value is -1.51. The SMILES string of the molecule is CCCC[C@H](c1cccc(O)c1)C(C)C(=O)O. The van der Waals surface area contributed by atoms with Gasteiger partial charge >= 0.3 is 5.97 Å². The number of aliphatic carboxylic acids is 1. The van der Waals surface area contributed by atoms with Crippen molar-refractivity contribution in [1.29, 1.82) is 0 Å². The van der Waals surface area contributed by atoms with Gasteiger partial charge in [0.05, 0.1) is 5.92 Å². The van der Waals surface area contributed by atoms with Crippen molar-refractivity contribution < 1.29 is 15.0 Å². The first-order chi connectivity index (χ1) is 8.06. The summed E-state index contributed by atoms with van der Waals surface area (Å²) in [6.07, 6.45) is 2.88. The van der Waals surface area contributed by atoms with Crippen LogP contribution < -0.4 is 0 Å². The Balaban J connectivity index is 2.92. The molecular formula is C14H20O3. The van der Waals surface area contributed by atoms with E-state index in [2.05, 4.69) is 6.92 Å². The highest BCUT2D eigenvalue weighted by molar-refractivity contribution is 5.71. The molecule has 2 N–H and O–H groups in total. The minimum atomic E-state index is -0.783. The summed E-state index contributed by atoms with van der Waals surface area (Å²) < 4.78 is 0.